The number of nitrogens with zero attached hydrogens (tertiary/aromatic N) is 3. The Balaban J connectivity index is 1.71. The molecule has 1 aliphatic rings. The van der Waals surface area contributed by atoms with Gasteiger partial charge in [-0.1, -0.05) is 6.07 Å². The molecule has 3 rings (SSSR count). The van der Waals surface area contributed by atoms with Crippen molar-refractivity contribution in [1.29, 1.82) is 0 Å². The summed E-state index contributed by atoms with van der Waals surface area (Å²) in [7, 11) is 1.68. The Morgan fingerprint density at radius 3 is 3.05 bits per heavy atom. The number of hydrogen-bond acceptors (Lipinski definition) is 3. The van der Waals surface area contributed by atoms with Crippen LogP contribution in [0.1, 0.15) is 11.4 Å². The van der Waals surface area contributed by atoms with E-state index in [0.717, 1.165) is 42.2 Å². The standard InChI is InChI=1S/C14H16BrN3O/c1-19-13-3-2-11(8-12(13)15)9-17-6-7-18-5-4-16-14(18)10-17/h2-5,8H,6-7,9-10H2,1H3. The lowest BCUT2D eigenvalue weighted by Gasteiger charge is -2.27. The first-order valence-corrected chi connectivity index (χ1v) is 7.10. The van der Waals surface area contributed by atoms with Gasteiger partial charge in [-0.05, 0) is 33.6 Å². The predicted molar refractivity (Wildman–Crippen MR) is 77.0 cm³/mol. The number of aromatic nitrogens is 2. The number of benzene rings is 1. The van der Waals surface area contributed by atoms with Gasteiger partial charge in [-0.3, -0.25) is 4.90 Å². The van der Waals surface area contributed by atoms with Gasteiger partial charge in [-0.15, -0.1) is 0 Å². The van der Waals surface area contributed by atoms with Crippen LogP contribution in [-0.4, -0.2) is 28.1 Å². The van der Waals surface area contributed by atoms with Crippen LogP contribution in [0.15, 0.2) is 35.1 Å². The van der Waals surface area contributed by atoms with Crippen molar-refractivity contribution in [2.75, 3.05) is 13.7 Å². The molecule has 0 saturated carbocycles. The van der Waals surface area contributed by atoms with Gasteiger partial charge >= 0.3 is 0 Å². The fraction of sp³-hybridized carbons (Fsp3) is 0.357. The van der Waals surface area contributed by atoms with Crippen LogP contribution in [0.25, 0.3) is 0 Å². The van der Waals surface area contributed by atoms with E-state index in [-0.39, 0.29) is 0 Å². The van der Waals surface area contributed by atoms with Crippen molar-refractivity contribution >= 4 is 15.9 Å². The summed E-state index contributed by atoms with van der Waals surface area (Å²) in [6, 6.07) is 6.24. The topological polar surface area (TPSA) is 30.3 Å². The number of methoxy groups -OCH3 is 1. The first-order valence-electron chi connectivity index (χ1n) is 6.31. The van der Waals surface area contributed by atoms with E-state index >= 15 is 0 Å². The summed E-state index contributed by atoms with van der Waals surface area (Å²) in [5.74, 6) is 2.02. The Morgan fingerprint density at radius 2 is 2.26 bits per heavy atom. The van der Waals surface area contributed by atoms with Crippen LogP contribution in [0, 0.1) is 0 Å². The van der Waals surface area contributed by atoms with E-state index in [9.17, 15) is 0 Å². The fourth-order valence-electron chi connectivity index (χ4n) is 2.42. The molecule has 5 heteroatoms. The molecule has 0 amide bonds. The first kappa shape index (κ1) is 12.7. The van der Waals surface area contributed by atoms with Crippen LogP contribution in [0.2, 0.25) is 0 Å². The molecule has 0 radical (unpaired) electrons. The Morgan fingerprint density at radius 1 is 1.37 bits per heavy atom. The quantitative estimate of drug-likeness (QED) is 0.870. The third-order valence-electron chi connectivity index (χ3n) is 3.45. The highest BCUT2D eigenvalue weighted by Gasteiger charge is 2.16. The minimum absolute atomic E-state index is 0.873. The molecule has 0 saturated heterocycles. The van der Waals surface area contributed by atoms with E-state index in [1.165, 1.54) is 5.56 Å². The van der Waals surface area contributed by atoms with Crippen LogP contribution in [0.4, 0.5) is 0 Å². The fourth-order valence-corrected chi connectivity index (χ4v) is 3.01. The zero-order valence-corrected chi connectivity index (χ0v) is 12.4. The highest BCUT2D eigenvalue weighted by Crippen LogP contribution is 2.26. The van der Waals surface area contributed by atoms with E-state index < -0.39 is 0 Å². The van der Waals surface area contributed by atoms with Crippen LogP contribution in [0.5, 0.6) is 5.75 Å². The van der Waals surface area contributed by atoms with Crippen molar-refractivity contribution in [1.82, 2.24) is 14.5 Å². The van der Waals surface area contributed by atoms with E-state index in [0.29, 0.717) is 0 Å². The molecule has 2 heterocycles. The average Bonchev–Trinajstić information content (AvgIpc) is 2.86. The minimum atomic E-state index is 0.873. The third-order valence-corrected chi connectivity index (χ3v) is 4.07. The second kappa shape index (κ2) is 5.35. The summed E-state index contributed by atoms with van der Waals surface area (Å²) in [5.41, 5.74) is 1.28. The maximum atomic E-state index is 5.25. The first-order chi connectivity index (χ1) is 9.26. The lowest BCUT2D eigenvalue weighted by molar-refractivity contribution is 0.209. The monoisotopic (exact) mass is 321 g/mol. The smallest absolute Gasteiger partial charge is 0.133 e. The number of fused-ring (bicyclic) bond motifs is 1. The third kappa shape index (κ3) is 2.67. The van der Waals surface area contributed by atoms with Gasteiger partial charge in [0.05, 0.1) is 18.1 Å². The molecule has 1 aromatic heterocycles. The second-order valence-corrected chi connectivity index (χ2v) is 5.57. The lowest BCUT2D eigenvalue weighted by Crippen LogP contribution is -2.33. The number of halogens is 1. The Hall–Kier alpha value is -1.33. The maximum Gasteiger partial charge on any atom is 0.133 e. The molecule has 1 aromatic carbocycles. The van der Waals surface area contributed by atoms with Gasteiger partial charge in [0.25, 0.3) is 0 Å². The highest BCUT2D eigenvalue weighted by molar-refractivity contribution is 9.10. The molecule has 0 N–H and O–H groups in total. The lowest BCUT2D eigenvalue weighted by atomic mass is 10.2. The summed E-state index contributed by atoms with van der Waals surface area (Å²) in [4.78, 5) is 6.80. The van der Waals surface area contributed by atoms with Gasteiger partial charge in [-0.2, -0.15) is 0 Å². The Labute approximate surface area is 121 Å². The molecule has 4 nitrogen and oxygen atoms in total. The number of ether oxygens (including phenoxy) is 1. The summed E-state index contributed by atoms with van der Waals surface area (Å²) < 4.78 is 8.48. The summed E-state index contributed by atoms with van der Waals surface area (Å²) in [6.45, 7) is 3.94. The molecule has 0 aliphatic carbocycles. The largest absolute Gasteiger partial charge is 0.496 e. The van der Waals surface area contributed by atoms with Gasteiger partial charge in [0.1, 0.15) is 11.6 Å². The molecule has 0 atom stereocenters. The van der Waals surface area contributed by atoms with Crippen LogP contribution >= 0.6 is 15.9 Å². The SMILES string of the molecule is COc1ccc(CN2CCn3ccnc3C2)cc1Br. The predicted octanol–water partition coefficient (Wildman–Crippen LogP) is 2.67. The molecule has 100 valence electrons. The van der Waals surface area contributed by atoms with Gasteiger partial charge in [0.15, 0.2) is 0 Å². The number of imidazole rings is 1. The van der Waals surface area contributed by atoms with Crippen molar-refractivity contribution in [3.8, 4) is 5.75 Å². The minimum Gasteiger partial charge on any atom is -0.496 e. The molecule has 1 aliphatic heterocycles. The summed E-state index contributed by atoms with van der Waals surface area (Å²) in [5, 5.41) is 0. The molecule has 2 aromatic rings. The molecular formula is C14H16BrN3O. The van der Waals surface area contributed by atoms with E-state index in [1.807, 2.05) is 12.3 Å². The van der Waals surface area contributed by atoms with Gasteiger partial charge < -0.3 is 9.30 Å². The molecular weight excluding hydrogens is 306 g/mol. The summed E-state index contributed by atoms with van der Waals surface area (Å²) >= 11 is 3.53. The molecule has 0 unspecified atom stereocenters. The van der Waals surface area contributed by atoms with E-state index in [1.54, 1.807) is 7.11 Å². The van der Waals surface area contributed by atoms with Crippen LogP contribution in [0.3, 0.4) is 0 Å². The van der Waals surface area contributed by atoms with Crippen molar-refractivity contribution in [3.63, 3.8) is 0 Å². The Kier molecular flexibility index (Phi) is 3.57. The van der Waals surface area contributed by atoms with Crippen LogP contribution in [-0.2, 0) is 19.6 Å². The van der Waals surface area contributed by atoms with E-state index in [2.05, 4.69) is 48.7 Å². The van der Waals surface area contributed by atoms with Crippen molar-refractivity contribution in [2.45, 2.75) is 19.6 Å². The van der Waals surface area contributed by atoms with Gasteiger partial charge in [0, 0.05) is 32.0 Å². The van der Waals surface area contributed by atoms with Crippen LogP contribution < -0.4 is 4.74 Å². The van der Waals surface area contributed by atoms with E-state index in [4.69, 9.17) is 4.74 Å². The number of hydrogen-bond donors (Lipinski definition) is 0. The van der Waals surface area contributed by atoms with Crippen molar-refractivity contribution in [3.05, 3.63) is 46.5 Å². The van der Waals surface area contributed by atoms with Crippen molar-refractivity contribution < 1.29 is 4.74 Å². The number of rotatable bonds is 3. The van der Waals surface area contributed by atoms with Gasteiger partial charge in [-0.25, -0.2) is 4.98 Å². The summed E-state index contributed by atoms with van der Waals surface area (Å²) in [6.07, 6.45) is 3.93. The molecule has 0 fully saturated rings. The van der Waals surface area contributed by atoms with Crippen molar-refractivity contribution in [2.24, 2.45) is 0 Å². The highest BCUT2D eigenvalue weighted by atomic mass is 79.9. The Bertz CT molecular complexity index is 582. The zero-order chi connectivity index (χ0) is 13.2. The normalized spacial score (nSPS) is 15.3. The molecule has 19 heavy (non-hydrogen) atoms. The maximum absolute atomic E-state index is 5.25. The average molecular weight is 322 g/mol. The van der Waals surface area contributed by atoms with Gasteiger partial charge in [0.2, 0.25) is 0 Å². The second-order valence-electron chi connectivity index (χ2n) is 4.72. The molecule has 0 spiro atoms. The zero-order valence-electron chi connectivity index (χ0n) is 10.8. The molecule has 0 bridgehead atoms.